The van der Waals surface area contributed by atoms with Crippen LogP contribution in [-0.2, 0) is 12.8 Å². The van der Waals surface area contributed by atoms with Crippen molar-refractivity contribution < 1.29 is 13.5 Å². The molecule has 2 nitrogen and oxygen atoms in total. The second-order valence-corrected chi connectivity index (χ2v) is 6.88. The number of ether oxygens (including phenoxy) is 1. The quantitative estimate of drug-likeness (QED) is 0.795. The molecule has 1 aromatic rings. The highest BCUT2D eigenvalue weighted by atomic mass is 19.3. The van der Waals surface area contributed by atoms with Crippen molar-refractivity contribution in [3.8, 4) is 5.75 Å². The van der Waals surface area contributed by atoms with E-state index in [1.807, 2.05) is 4.90 Å². The first-order chi connectivity index (χ1) is 11.1. The highest BCUT2D eigenvalue weighted by molar-refractivity contribution is 5.69. The Morgan fingerprint density at radius 1 is 1.30 bits per heavy atom. The molecule has 2 aliphatic rings. The predicted octanol–water partition coefficient (Wildman–Crippen LogP) is 4.75. The molecule has 0 radical (unpaired) electrons. The van der Waals surface area contributed by atoms with Gasteiger partial charge in [-0.05, 0) is 61.3 Å². The van der Waals surface area contributed by atoms with E-state index in [2.05, 4.69) is 19.9 Å². The van der Waals surface area contributed by atoms with E-state index < -0.39 is 6.43 Å². The monoisotopic (exact) mass is 323 g/mol. The lowest BCUT2D eigenvalue weighted by Gasteiger charge is -2.34. The molecule has 1 heterocycles. The first kappa shape index (κ1) is 16.5. The number of halogens is 2. The summed E-state index contributed by atoms with van der Waals surface area (Å²) in [6.45, 7) is 5.20. The van der Waals surface area contributed by atoms with Gasteiger partial charge in [0.15, 0.2) is 0 Å². The van der Waals surface area contributed by atoms with Crippen LogP contribution in [0.3, 0.4) is 0 Å². The molecule has 0 fully saturated rings. The zero-order valence-electron chi connectivity index (χ0n) is 14.2. The van der Waals surface area contributed by atoms with Gasteiger partial charge in [-0.25, -0.2) is 8.78 Å². The summed E-state index contributed by atoms with van der Waals surface area (Å²) in [6, 6.07) is 2.13. The molecule has 23 heavy (non-hydrogen) atoms. The van der Waals surface area contributed by atoms with Gasteiger partial charge >= 0.3 is 0 Å². The summed E-state index contributed by atoms with van der Waals surface area (Å²) in [5.41, 5.74) is 4.82. The number of anilines is 1. The minimum absolute atomic E-state index is 0.201. The van der Waals surface area contributed by atoms with Gasteiger partial charge in [0.25, 0.3) is 6.43 Å². The van der Waals surface area contributed by atoms with Gasteiger partial charge in [0.05, 0.1) is 18.8 Å². The second-order valence-electron chi connectivity index (χ2n) is 6.88. The lowest BCUT2D eigenvalue weighted by Crippen LogP contribution is -2.37. The molecule has 3 rings (SSSR count). The standard InChI is InChI=1S/C19H27F2NO/c1-3-14-5-4-6-15-11-17-19(13(2)16(15)8-7-14)22(9-10-23-17)12-18(20)21/h11,14,18H,3-10,12H2,1-2H3. The zero-order chi connectivity index (χ0) is 16.4. The molecule has 1 aliphatic heterocycles. The van der Waals surface area contributed by atoms with Gasteiger partial charge in [-0.1, -0.05) is 19.8 Å². The number of rotatable bonds is 3. The Balaban J connectivity index is 1.97. The lowest BCUT2D eigenvalue weighted by molar-refractivity contribution is 0.151. The molecular formula is C19H27F2NO. The topological polar surface area (TPSA) is 12.5 Å². The molecule has 4 heteroatoms. The van der Waals surface area contributed by atoms with Crippen molar-refractivity contribution in [3.63, 3.8) is 0 Å². The van der Waals surface area contributed by atoms with Gasteiger partial charge in [-0.15, -0.1) is 0 Å². The van der Waals surface area contributed by atoms with E-state index in [1.54, 1.807) is 0 Å². The highest BCUT2D eigenvalue weighted by Crippen LogP contribution is 2.41. The van der Waals surface area contributed by atoms with E-state index in [0.29, 0.717) is 13.2 Å². The molecular weight excluding hydrogens is 296 g/mol. The van der Waals surface area contributed by atoms with E-state index in [0.717, 1.165) is 35.8 Å². The predicted molar refractivity (Wildman–Crippen MR) is 89.9 cm³/mol. The smallest absolute Gasteiger partial charge is 0.255 e. The SMILES string of the molecule is CCC1CCCc2cc3c(c(C)c2CC1)N(CC(F)F)CCO3. The van der Waals surface area contributed by atoms with E-state index in [4.69, 9.17) is 4.74 Å². The van der Waals surface area contributed by atoms with Crippen LogP contribution in [-0.4, -0.2) is 26.1 Å². The van der Waals surface area contributed by atoms with E-state index in [1.165, 1.54) is 36.8 Å². The Morgan fingerprint density at radius 3 is 2.87 bits per heavy atom. The van der Waals surface area contributed by atoms with Gasteiger partial charge in [0.1, 0.15) is 12.4 Å². The van der Waals surface area contributed by atoms with Gasteiger partial charge in [0.2, 0.25) is 0 Å². The van der Waals surface area contributed by atoms with Crippen molar-refractivity contribution in [2.75, 3.05) is 24.6 Å². The third-order valence-corrected chi connectivity index (χ3v) is 5.47. The van der Waals surface area contributed by atoms with Gasteiger partial charge in [0, 0.05) is 0 Å². The summed E-state index contributed by atoms with van der Waals surface area (Å²) in [7, 11) is 0. The van der Waals surface area contributed by atoms with Crippen LogP contribution in [0.25, 0.3) is 0 Å². The third-order valence-electron chi connectivity index (χ3n) is 5.47. The highest BCUT2D eigenvalue weighted by Gasteiger charge is 2.27. The third kappa shape index (κ3) is 3.46. The normalized spacial score (nSPS) is 21.3. The molecule has 1 aromatic carbocycles. The Labute approximate surface area is 137 Å². The molecule has 1 aliphatic carbocycles. The number of nitrogens with zero attached hydrogens (tertiary/aromatic N) is 1. The van der Waals surface area contributed by atoms with Crippen molar-refractivity contribution >= 4 is 5.69 Å². The summed E-state index contributed by atoms with van der Waals surface area (Å²) in [5, 5.41) is 0. The summed E-state index contributed by atoms with van der Waals surface area (Å²) < 4.78 is 31.6. The summed E-state index contributed by atoms with van der Waals surface area (Å²) in [6.07, 6.45) is 4.79. The average molecular weight is 323 g/mol. The van der Waals surface area contributed by atoms with E-state index in [-0.39, 0.29) is 6.54 Å². The van der Waals surface area contributed by atoms with Crippen LogP contribution in [0.5, 0.6) is 5.75 Å². The first-order valence-electron chi connectivity index (χ1n) is 8.91. The van der Waals surface area contributed by atoms with Crippen molar-refractivity contribution in [1.82, 2.24) is 0 Å². The molecule has 0 N–H and O–H groups in total. The molecule has 1 unspecified atom stereocenters. The largest absolute Gasteiger partial charge is 0.490 e. The van der Waals surface area contributed by atoms with Crippen molar-refractivity contribution in [2.24, 2.45) is 5.92 Å². The Kier molecular flexibility index (Phi) is 5.08. The average Bonchev–Trinajstić information content (AvgIpc) is 2.48. The lowest BCUT2D eigenvalue weighted by atomic mass is 9.83. The van der Waals surface area contributed by atoms with Crippen LogP contribution in [0.15, 0.2) is 6.07 Å². The maximum atomic E-state index is 12.9. The van der Waals surface area contributed by atoms with Crippen molar-refractivity contribution in [3.05, 3.63) is 22.8 Å². The number of alkyl halides is 2. The Morgan fingerprint density at radius 2 is 2.13 bits per heavy atom. The molecule has 0 saturated carbocycles. The van der Waals surface area contributed by atoms with Crippen LogP contribution in [0.2, 0.25) is 0 Å². The first-order valence-corrected chi connectivity index (χ1v) is 8.91. The van der Waals surface area contributed by atoms with Gasteiger partial charge in [-0.2, -0.15) is 0 Å². The number of benzene rings is 1. The molecule has 0 aromatic heterocycles. The number of aryl methyl sites for hydroxylation is 1. The summed E-state index contributed by atoms with van der Waals surface area (Å²) >= 11 is 0. The maximum absolute atomic E-state index is 12.9. The van der Waals surface area contributed by atoms with Crippen LogP contribution in [0.4, 0.5) is 14.5 Å². The molecule has 0 bridgehead atoms. The molecule has 0 amide bonds. The molecule has 0 spiro atoms. The molecule has 1 atom stereocenters. The maximum Gasteiger partial charge on any atom is 0.255 e. The fourth-order valence-electron chi connectivity index (χ4n) is 4.17. The summed E-state index contributed by atoms with van der Waals surface area (Å²) in [5.74, 6) is 1.60. The Bertz CT molecular complexity index is 559. The number of hydrogen-bond acceptors (Lipinski definition) is 2. The fourth-order valence-corrected chi connectivity index (χ4v) is 4.17. The van der Waals surface area contributed by atoms with Gasteiger partial charge < -0.3 is 9.64 Å². The van der Waals surface area contributed by atoms with Gasteiger partial charge in [-0.3, -0.25) is 0 Å². The van der Waals surface area contributed by atoms with E-state index >= 15 is 0 Å². The summed E-state index contributed by atoms with van der Waals surface area (Å²) in [4.78, 5) is 1.81. The van der Waals surface area contributed by atoms with Crippen molar-refractivity contribution in [1.29, 1.82) is 0 Å². The van der Waals surface area contributed by atoms with E-state index in [9.17, 15) is 8.78 Å². The number of fused-ring (bicyclic) bond motifs is 2. The van der Waals surface area contributed by atoms with Crippen LogP contribution in [0, 0.1) is 12.8 Å². The van der Waals surface area contributed by atoms with Crippen molar-refractivity contribution in [2.45, 2.75) is 58.8 Å². The second kappa shape index (κ2) is 7.06. The Hall–Kier alpha value is -1.32. The van der Waals surface area contributed by atoms with Crippen LogP contribution < -0.4 is 9.64 Å². The molecule has 0 saturated heterocycles. The molecule has 128 valence electrons. The zero-order valence-corrected chi connectivity index (χ0v) is 14.2. The fraction of sp³-hybridized carbons (Fsp3) is 0.684. The minimum atomic E-state index is -2.31. The van der Waals surface area contributed by atoms with Crippen LogP contribution in [0.1, 0.15) is 49.3 Å². The minimum Gasteiger partial charge on any atom is -0.490 e. The number of hydrogen-bond donors (Lipinski definition) is 0. The van der Waals surface area contributed by atoms with Crippen LogP contribution >= 0.6 is 0 Å².